The number of hydrogen-bond donors (Lipinski definition) is 1. The van der Waals surface area contributed by atoms with Gasteiger partial charge >= 0.3 is 0 Å². The molecule has 1 saturated heterocycles. The Bertz CT molecular complexity index is 1210. The molecule has 1 aliphatic heterocycles. The van der Waals surface area contributed by atoms with Gasteiger partial charge in [0.2, 0.25) is 21.8 Å². The predicted octanol–water partition coefficient (Wildman–Crippen LogP) is 2.50. The van der Waals surface area contributed by atoms with Crippen molar-refractivity contribution in [2.45, 2.75) is 10.1 Å². The molecule has 0 aliphatic carbocycles. The summed E-state index contributed by atoms with van der Waals surface area (Å²) >= 11 is 1.10. The minimum Gasteiger partial charge on any atom is -0.495 e. The van der Waals surface area contributed by atoms with Crippen LogP contribution in [-0.2, 0) is 19.6 Å². The van der Waals surface area contributed by atoms with Crippen LogP contribution in [0.2, 0.25) is 0 Å². The molecule has 1 amide bonds. The Hall–Kier alpha value is -2.93. The summed E-state index contributed by atoms with van der Waals surface area (Å²) in [5.74, 6) is 0.617. The number of carbonyl (C=O) groups is 1. The van der Waals surface area contributed by atoms with Crippen molar-refractivity contribution in [1.29, 1.82) is 0 Å². The highest BCUT2D eigenvalue weighted by atomic mass is 32.2. The first kappa shape index (κ1) is 23.2. The van der Waals surface area contributed by atoms with Crippen LogP contribution < -0.4 is 10.1 Å². The molecule has 4 rings (SSSR count). The molecule has 0 saturated carbocycles. The van der Waals surface area contributed by atoms with Crippen molar-refractivity contribution in [3.8, 4) is 17.2 Å². The summed E-state index contributed by atoms with van der Waals surface area (Å²) in [5, 5.41) is 10.9. The fraction of sp³-hybridized carbons (Fsp3) is 0.286. The number of carbonyl (C=O) groups excluding carboxylic acids is 1. The SMILES string of the molecule is COc1ccccc1NC(=O)CSc1nnc(-c2ccc(S(=O)(=O)N3CCOCC3)cc2)o1. The number of para-hydroxylation sites is 2. The number of benzene rings is 2. The third-order valence-corrected chi connectivity index (χ3v) is 7.55. The standard InChI is InChI=1S/C21H22N4O6S2/c1-29-18-5-3-2-4-17(18)22-19(26)14-32-21-24-23-20(31-21)15-6-8-16(9-7-15)33(27,28)25-10-12-30-13-11-25/h2-9H,10-14H2,1H3,(H,22,26). The molecule has 0 bridgehead atoms. The molecular formula is C21H22N4O6S2. The van der Waals surface area contributed by atoms with Gasteiger partial charge in [0.1, 0.15) is 5.75 Å². The lowest BCUT2D eigenvalue weighted by atomic mass is 10.2. The van der Waals surface area contributed by atoms with Gasteiger partial charge in [-0.2, -0.15) is 4.31 Å². The zero-order chi connectivity index (χ0) is 23.3. The zero-order valence-electron chi connectivity index (χ0n) is 17.8. The van der Waals surface area contributed by atoms with Crippen LogP contribution in [0.25, 0.3) is 11.5 Å². The Labute approximate surface area is 195 Å². The average molecular weight is 491 g/mol. The fourth-order valence-corrected chi connectivity index (χ4v) is 5.12. The number of methoxy groups -OCH3 is 1. The fourth-order valence-electron chi connectivity index (χ4n) is 3.15. The van der Waals surface area contributed by atoms with Gasteiger partial charge in [-0.05, 0) is 36.4 Å². The van der Waals surface area contributed by atoms with Gasteiger partial charge in [0.25, 0.3) is 5.22 Å². The summed E-state index contributed by atoms with van der Waals surface area (Å²) < 4.78 is 42.9. The third kappa shape index (κ3) is 5.53. The van der Waals surface area contributed by atoms with Crippen molar-refractivity contribution in [2.75, 3.05) is 44.5 Å². The number of sulfonamides is 1. The van der Waals surface area contributed by atoms with Gasteiger partial charge in [-0.25, -0.2) is 8.42 Å². The molecule has 0 atom stereocenters. The van der Waals surface area contributed by atoms with E-state index in [0.717, 1.165) is 11.8 Å². The maximum Gasteiger partial charge on any atom is 0.277 e. The quantitative estimate of drug-likeness (QED) is 0.474. The topological polar surface area (TPSA) is 124 Å². The molecule has 2 aromatic carbocycles. The Kier molecular flexibility index (Phi) is 7.28. The summed E-state index contributed by atoms with van der Waals surface area (Å²) in [6.45, 7) is 1.44. The van der Waals surface area contributed by atoms with E-state index in [1.165, 1.54) is 23.5 Å². The molecule has 174 valence electrons. The molecular weight excluding hydrogens is 468 g/mol. The molecule has 10 nitrogen and oxygen atoms in total. The number of rotatable bonds is 8. The van der Waals surface area contributed by atoms with E-state index in [4.69, 9.17) is 13.9 Å². The number of morpholine rings is 1. The van der Waals surface area contributed by atoms with Gasteiger partial charge in [-0.1, -0.05) is 23.9 Å². The van der Waals surface area contributed by atoms with E-state index in [9.17, 15) is 13.2 Å². The van der Waals surface area contributed by atoms with Crippen LogP contribution in [0.3, 0.4) is 0 Å². The molecule has 0 radical (unpaired) electrons. The van der Waals surface area contributed by atoms with Crippen molar-refractivity contribution in [2.24, 2.45) is 0 Å². The minimum atomic E-state index is -3.58. The molecule has 0 unspecified atom stereocenters. The van der Waals surface area contributed by atoms with Gasteiger partial charge in [-0.3, -0.25) is 4.79 Å². The van der Waals surface area contributed by atoms with Gasteiger partial charge in [0.15, 0.2) is 0 Å². The van der Waals surface area contributed by atoms with Crippen LogP contribution in [0.5, 0.6) is 5.75 Å². The normalized spacial score (nSPS) is 14.7. The predicted molar refractivity (Wildman–Crippen MR) is 122 cm³/mol. The highest BCUT2D eigenvalue weighted by Crippen LogP contribution is 2.27. The number of thioether (sulfide) groups is 1. The van der Waals surface area contributed by atoms with Crippen molar-refractivity contribution < 1.29 is 27.1 Å². The van der Waals surface area contributed by atoms with Crippen molar-refractivity contribution in [3.05, 3.63) is 48.5 Å². The van der Waals surface area contributed by atoms with E-state index in [1.54, 1.807) is 30.3 Å². The average Bonchev–Trinajstić information content (AvgIpc) is 3.33. The number of hydrogen-bond acceptors (Lipinski definition) is 9. The Morgan fingerprint density at radius 1 is 1.12 bits per heavy atom. The molecule has 1 aliphatic rings. The Balaban J connectivity index is 1.36. The first-order valence-electron chi connectivity index (χ1n) is 10.0. The van der Waals surface area contributed by atoms with Gasteiger partial charge in [0, 0.05) is 18.7 Å². The lowest BCUT2D eigenvalue weighted by Gasteiger charge is -2.26. The van der Waals surface area contributed by atoms with Gasteiger partial charge in [-0.15, -0.1) is 10.2 Å². The largest absolute Gasteiger partial charge is 0.495 e. The molecule has 1 aromatic heterocycles. The molecule has 2 heterocycles. The summed E-state index contributed by atoms with van der Waals surface area (Å²) in [4.78, 5) is 12.4. The van der Waals surface area contributed by atoms with E-state index in [0.29, 0.717) is 43.3 Å². The Morgan fingerprint density at radius 2 is 1.85 bits per heavy atom. The van der Waals surface area contributed by atoms with E-state index in [2.05, 4.69) is 15.5 Å². The number of aromatic nitrogens is 2. The minimum absolute atomic E-state index is 0.0659. The summed E-state index contributed by atoms with van der Waals surface area (Å²) in [6, 6.07) is 13.4. The summed E-state index contributed by atoms with van der Waals surface area (Å²) in [7, 11) is -2.04. The molecule has 0 spiro atoms. The van der Waals surface area contributed by atoms with Crippen molar-refractivity contribution in [1.82, 2.24) is 14.5 Å². The van der Waals surface area contributed by atoms with E-state index < -0.39 is 10.0 Å². The maximum atomic E-state index is 12.7. The lowest BCUT2D eigenvalue weighted by Crippen LogP contribution is -2.40. The van der Waals surface area contributed by atoms with Gasteiger partial charge < -0.3 is 19.2 Å². The first-order valence-corrected chi connectivity index (χ1v) is 12.5. The van der Waals surface area contributed by atoms with E-state index >= 15 is 0 Å². The van der Waals surface area contributed by atoms with Crippen LogP contribution in [0.4, 0.5) is 5.69 Å². The zero-order valence-corrected chi connectivity index (χ0v) is 19.4. The van der Waals surface area contributed by atoms with Crippen LogP contribution in [0.15, 0.2) is 63.1 Å². The highest BCUT2D eigenvalue weighted by molar-refractivity contribution is 7.99. The number of amides is 1. The maximum absolute atomic E-state index is 12.7. The van der Waals surface area contributed by atoms with Crippen LogP contribution in [-0.4, -0.2) is 68.0 Å². The van der Waals surface area contributed by atoms with Crippen LogP contribution in [0.1, 0.15) is 0 Å². The molecule has 1 N–H and O–H groups in total. The van der Waals surface area contributed by atoms with Crippen LogP contribution in [0, 0.1) is 0 Å². The summed E-state index contributed by atoms with van der Waals surface area (Å²) in [6.07, 6.45) is 0. The second-order valence-corrected chi connectivity index (χ2v) is 9.82. The van der Waals surface area contributed by atoms with E-state index in [1.807, 2.05) is 6.07 Å². The second kappa shape index (κ2) is 10.3. The van der Waals surface area contributed by atoms with Gasteiger partial charge in [0.05, 0.1) is 36.7 Å². The second-order valence-electron chi connectivity index (χ2n) is 6.95. The van der Waals surface area contributed by atoms with Crippen molar-refractivity contribution in [3.63, 3.8) is 0 Å². The lowest BCUT2D eigenvalue weighted by molar-refractivity contribution is -0.113. The molecule has 12 heteroatoms. The Morgan fingerprint density at radius 3 is 2.58 bits per heavy atom. The third-order valence-electron chi connectivity index (χ3n) is 4.82. The van der Waals surface area contributed by atoms with E-state index in [-0.39, 0.29) is 27.7 Å². The smallest absolute Gasteiger partial charge is 0.277 e. The molecule has 3 aromatic rings. The summed E-state index contributed by atoms with van der Waals surface area (Å²) in [5.41, 5.74) is 1.15. The number of ether oxygens (including phenoxy) is 2. The highest BCUT2D eigenvalue weighted by Gasteiger charge is 2.26. The van der Waals surface area contributed by atoms with Crippen LogP contribution >= 0.6 is 11.8 Å². The number of nitrogens with zero attached hydrogens (tertiary/aromatic N) is 3. The molecule has 33 heavy (non-hydrogen) atoms. The molecule has 1 fully saturated rings. The number of anilines is 1. The van der Waals surface area contributed by atoms with Crippen molar-refractivity contribution >= 4 is 33.4 Å². The number of nitrogens with one attached hydrogen (secondary N) is 1. The first-order chi connectivity index (χ1) is 16.0. The monoisotopic (exact) mass is 490 g/mol.